The summed E-state index contributed by atoms with van der Waals surface area (Å²) in [6.45, 7) is 4.89. The van der Waals surface area contributed by atoms with E-state index in [-0.39, 0.29) is 24.4 Å². The van der Waals surface area contributed by atoms with E-state index in [1.54, 1.807) is 29.2 Å². The van der Waals surface area contributed by atoms with Gasteiger partial charge < -0.3 is 15.0 Å². The fraction of sp³-hybridized carbons (Fsp3) is 0.550. The number of ether oxygens (including phenoxy) is 1. The van der Waals surface area contributed by atoms with Crippen molar-refractivity contribution in [1.29, 1.82) is 0 Å². The van der Waals surface area contributed by atoms with E-state index in [4.69, 9.17) is 4.74 Å². The first-order valence-electron chi connectivity index (χ1n) is 9.38. The van der Waals surface area contributed by atoms with Gasteiger partial charge in [-0.1, -0.05) is 12.8 Å². The topological polar surface area (TPSA) is 75.7 Å². The van der Waals surface area contributed by atoms with Crippen molar-refractivity contribution in [3.05, 3.63) is 29.8 Å². The quantitative estimate of drug-likeness (QED) is 0.722. The van der Waals surface area contributed by atoms with Crippen LogP contribution in [0.5, 0.6) is 0 Å². The number of rotatable bonds is 8. The molecule has 0 spiro atoms. The first-order valence-corrected chi connectivity index (χ1v) is 9.38. The average Bonchev–Trinajstić information content (AvgIpc) is 3.14. The average molecular weight is 360 g/mol. The molecule has 1 aromatic carbocycles. The zero-order chi connectivity index (χ0) is 18.9. The van der Waals surface area contributed by atoms with Crippen LogP contribution in [0.4, 0.5) is 5.69 Å². The molecular formula is C20H28N2O4. The Morgan fingerprint density at radius 2 is 1.69 bits per heavy atom. The molecule has 1 saturated carbocycles. The predicted molar refractivity (Wildman–Crippen MR) is 99.9 cm³/mol. The lowest BCUT2D eigenvalue weighted by molar-refractivity contribution is -0.148. The van der Waals surface area contributed by atoms with Gasteiger partial charge in [0.05, 0.1) is 0 Å². The Hall–Kier alpha value is -2.37. The van der Waals surface area contributed by atoms with Crippen molar-refractivity contribution in [3.8, 4) is 0 Å². The highest BCUT2D eigenvalue weighted by molar-refractivity contribution is 5.96. The molecule has 1 aromatic rings. The van der Waals surface area contributed by atoms with E-state index >= 15 is 0 Å². The second-order valence-electron chi connectivity index (χ2n) is 6.62. The molecule has 26 heavy (non-hydrogen) atoms. The van der Waals surface area contributed by atoms with Crippen LogP contribution in [0.25, 0.3) is 0 Å². The lowest BCUT2D eigenvalue weighted by atomic mass is 10.1. The number of amides is 2. The molecule has 1 aliphatic carbocycles. The summed E-state index contributed by atoms with van der Waals surface area (Å²) in [5.41, 5.74) is 1.15. The van der Waals surface area contributed by atoms with Gasteiger partial charge in [-0.2, -0.15) is 0 Å². The predicted octanol–water partition coefficient (Wildman–Crippen LogP) is 3.23. The van der Waals surface area contributed by atoms with E-state index in [1.807, 2.05) is 13.8 Å². The molecule has 0 aromatic heterocycles. The molecule has 142 valence electrons. The second kappa shape index (κ2) is 9.94. The Morgan fingerprint density at radius 1 is 1.08 bits per heavy atom. The molecule has 1 fully saturated rings. The minimum absolute atomic E-state index is 0.0336. The molecule has 6 heteroatoms. The van der Waals surface area contributed by atoms with Gasteiger partial charge in [0.2, 0.25) is 0 Å². The molecule has 0 radical (unpaired) electrons. The summed E-state index contributed by atoms with van der Waals surface area (Å²) in [5.74, 6) is -0.324. The SMILES string of the molecule is CCN(CC)C(=O)c1ccc(NC(=O)COC(=O)CC2CCCC2)cc1. The van der Waals surface area contributed by atoms with Crippen molar-refractivity contribution < 1.29 is 19.1 Å². The molecule has 2 rings (SSSR count). The number of carbonyl (C=O) groups excluding carboxylic acids is 3. The smallest absolute Gasteiger partial charge is 0.306 e. The van der Waals surface area contributed by atoms with Gasteiger partial charge in [-0.25, -0.2) is 0 Å². The Morgan fingerprint density at radius 3 is 2.27 bits per heavy atom. The van der Waals surface area contributed by atoms with Gasteiger partial charge in [0.1, 0.15) is 0 Å². The summed E-state index contributed by atoms with van der Waals surface area (Å²) >= 11 is 0. The molecule has 1 N–H and O–H groups in total. The van der Waals surface area contributed by atoms with Crippen LogP contribution in [0.1, 0.15) is 56.3 Å². The molecule has 0 aliphatic heterocycles. The Labute approximate surface area is 154 Å². The zero-order valence-corrected chi connectivity index (χ0v) is 15.6. The lowest BCUT2D eigenvalue weighted by Crippen LogP contribution is -2.30. The van der Waals surface area contributed by atoms with Crippen LogP contribution in [-0.2, 0) is 14.3 Å². The monoisotopic (exact) mass is 360 g/mol. The van der Waals surface area contributed by atoms with E-state index in [9.17, 15) is 14.4 Å². The Bertz CT molecular complexity index is 617. The number of esters is 1. The molecule has 0 unspecified atom stereocenters. The van der Waals surface area contributed by atoms with Gasteiger partial charge in [-0.3, -0.25) is 14.4 Å². The number of benzene rings is 1. The number of hydrogen-bond donors (Lipinski definition) is 1. The van der Waals surface area contributed by atoms with Gasteiger partial charge >= 0.3 is 5.97 Å². The van der Waals surface area contributed by atoms with Crippen LogP contribution in [-0.4, -0.2) is 42.4 Å². The summed E-state index contributed by atoms with van der Waals surface area (Å²) in [6.07, 6.45) is 4.88. The van der Waals surface area contributed by atoms with Gasteiger partial charge in [0.25, 0.3) is 11.8 Å². The number of nitrogens with one attached hydrogen (secondary N) is 1. The maximum atomic E-state index is 12.2. The fourth-order valence-corrected chi connectivity index (χ4v) is 3.24. The van der Waals surface area contributed by atoms with Crippen molar-refractivity contribution in [2.45, 2.75) is 46.0 Å². The van der Waals surface area contributed by atoms with E-state index in [1.165, 1.54) is 12.8 Å². The summed E-state index contributed by atoms with van der Waals surface area (Å²) in [7, 11) is 0. The maximum absolute atomic E-state index is 12.2. The van der Waals surface area contributed by atoms with E-state index in [2.05, 4.69) is 5.32 Å². The molecule has 0 heterocycles. The van der Waals surface area contributed by atoms with Crippen LogP contribution >= 0.6 is 0 Å². The van der Waals surface area contributed by atoms with Crippen LogP contribution in [0.2, 0.25) is 0 Å². The second-order valence-corrected chi connectivity index (χ2v) is 6.62. The first kappa shape index (κ1) is 19.9. The van der Waals surface area contributed by atoms with Crippen LogP contribution in [0.3, 0.4) is 0 Å². The van der Waals surface area contributed by atoms with Crippen LogP contribution in [0, 0.1) is 5.92 Å². The highest BCUT2D eigenvalue weighted by Gasteiger charge is 2.19. The number of carbonyl (C=O) groups is 3. The van der Waals surface area contributed by atoms with Gasteiger partial charge in [0, 0.05) is 30.8 Å². The largest absolute Gasteiger partial charge is 0.456 e. The molecule has 1 aliphatic rings. The number of nitrogens with zero attached hydrogens (tertiary/aromatic N) is 1. The first-order chi connectivity index (χ1) is 12.5. The third-order valence-electron chi connectivity index (χ3n) is 4.76. The fourth-order valence-electron chi connectivity index (χ4n) is 3.24. The standard InChI is InChI=1S/C20H28N2O4/c1-3-22(4-2)20(25)16-9-11-17(12-10-16)21-18(23)14-26-19(24)13-15-7-5-6-8-15/h9-12,15H,3-8,13-14H2,1-2H3,(H,21,23). The van der Waals surface area contributed by atoms with E-state index in [0.717, 1.165) is 12.8 Å². The van der Waals surface area contributed by atoms with Crippen LogP contribution < -0.4 is 5.32 Å². The lowest BCUT2D eigenvalue weighted by Gasteiger charge is -2.18. The van der Waals surface area contributed by atoms with Crippen molar-refractivity contribution in [3.63, 3.8) is 0 Å². The van der Waals surface area contributed by atoms with Gasteiger partial charge in [0.15, 0.2) is 6.61 Å². The molecule has 2 amide bonds. The highest BCUT2D eigenvalue weighted by atomic mass is 16.5. The Kier molecular flexibility index (Phi) is 7.63. The minimum atomic E-state index is -0.382. The van der Waals surface area contributed by atoms with Crippen molar-refractivity contribution in [2.24, 2.45) is 5.92 Å². The molecule has 0 atom stereocenters. The third-order valence-corrected chi connectivity index (χ3v) is 4.76. The molecule has 0 saturated heterocycles. The maximum Gasteiger partial charge on any atom is 0.306 e. The van der Waals surface area contributed by atoms with Crippen LogP contribution in [0.15, 0.2) is 24.3 Å². The summed E-state index contributed by atoms with van der Waals surface area (Å²) in [5, 5.41) is 2.67. The van der Waals surface area contributed by atoms with Crippen molar-refractivity contribution in [2.75, 3.05) is 25.0 Å². The zero-order valence-electron chi connectivity index (χ0n) is 15.6. The summed E-state index contributed by atoms with van der Waals surface area (Å²) in [6, 6.07) is 6.72. The summed E-state index contributed by atoms with van der Waals surface area (Å²) in [4.78, 5) is 37.6. The van der Waals surface area contributed by atoms with Gasteiger partial charge in [-0.05, 0) is 56.9 Å². The van der Waals surface area contributed by atoms with E-state index in [0.29, 0.717) is 36.7 Å². The minimum Gasteiger partial charge on any atom is -0.456 e. The third kappa shape index (κ3) is 5.86. The molecule has 6 nitrogen and oxygen atoms in total. The molecule has 0 bridgehead atoms. The van der Waals surface area contributed by atoms with Crippen molar-refractivity contribution >= 4 is 23.5 Å². The summed E-state index contributed by atoms with van der Waals surface area (Å²) < 4.78 is 5.05. The van der Waals surface area contributed by atoms with Crippen molar-refractivity contribution in [1.82, 2.24) is 4.90 Å². The highest BCUT2D eigenvalue weighted by Crippen LogP contribution is 2.27. The number of anilines is 1. The normalized spacial score (nSPS) is 14.1. The number of hydrogen-bond acceptors (Lipinski definition) is 4. The van der Waals surface area contributed by atoms with E-state index < -0.39 is 0 Å². The molecular weight excluding hydrogens is 332 g/mol. The Balaban J connectivity index is 1.77. The van der Waals surface area contributed by atoms with Gasteiger partial charge in [-0.15, -0.1) is 0 Å².